The van der Waals surface area contributed by atoms with Crippen molar-refractivity contribution in [1.29, 1.82) is 0 Å². The highest BCUT2D eigenvalue weighted by Crippen LogP contribution is 2.60. The van der Waals surface area contributed by atoms with Gasteiger partial charge >= 0.3 is 0 Å². The molecule has 25 heavy (non-hydrogen) atoms. The van der Waals surface area contributed by atoms with Crippen LogP contribution in [0, 0.1) is 23.6 Å². The van der Waals surface area contributed by atoms with Crippen molar-refractivity contribution < 1.29 is 14.0 Å². The van der Waals surface area contributed by atoms with Crippen LogP contribution in [0.4, 0.5) is 4.39 Å². The second-order valence-electron chi connectivity index (χ2n) is 7.87. The number of carbonyl (C=O) groups is 2. The fourth-order valence-corrected chi connectivity index (χ4v) is 6.87. The molecule has 0 unspecified atom stereocenters. The molecule has 4 saturated carbocycles. The lowest BCUT2D eigenvalue weighted by atomic mass is 9.56. The topological polar surface area (TPSA) is 58.2 Å². The number of thioether (sulfide) groups is 1. The van der Waals surface area contributed by atoms with E-state index in [4.69, 9.17) is 0 Å². The summed E-state index contributed by atoms with van der Waals surface area (Å²) in [5.74, 6) is 1.42. The third-order valence-electron chi connectivity index (χ3n) is 5.93. The molecule has 4 fully saturated rings. The van der Waals surface area contributed by atoms with E-state index in [2.05, 4.69) is 10.9 Å². The molecule has 0 aromatic heterocycles. The van der Waals surface area contributed by atoms with Gasteiger partial charge in [-0.25, -0.2) is 4.39 Å². The summed E-state index contributed by atoms with van der Waals surface area (Å²) in [6, 6.07) is 5.72. The van der Waals surface area contributed by atoms with E-state index in [1.54, 1.807) is 17.8 Å². The highest BCUT2D eigenvalue weighted by atomic mass is 32.2. The number of amides is 2. The standard InChI is InChI=1S/C19H23FN2O2S/c20-16-4-2-1-3-15(16)18(24)22-21-17(23)11-25-19-8-12-5-13(9-19)7-14(6-12)10-19/h1-4,12-14H,5-11H2,(H,21,23)(H,22,24). The van der Waals surface area contributed by atoms with Crippen molar-refractivity contribution in [3.63, 3.8) is 0 Å². The second kappa shape index (κ2) is 6.63. The van der Waals surface area contributed by atoms with Crippen LogP contribution in [-0.4, -0.2) is 22.3 Å². The average Bonchev–Trinajstić information content (AvgIpc) is 2.57. The minimum absolute atomic E-state index is 0.0727. The third kappa shape index (κ3) is 3.54. The van der Waals surface area contributed by atoms with E-state index >= 15 is 0 Å². The summed E-state index contributed by atoms with van der Waals surface area (Å²) in [4.78, 5) is 24.0. The maximum absolute atomic E-state index is 13.6. The van der Waals surface area contributed by atoms with E-state index in [-0.39, 0.29) is 16.2 Å². The molecule has 0 radical (unpaired) electrons. The van der Waals surface area contributed by atoms with Crippen LogP contribution in [0.1, 0.15) is 48.9 Å². The van der Waals surface area contributed by atoms with Crippen LogP contribution in [0.5, 0.6) is 0 Å². The lowest BCUT2D eigenvalue weighted by Gasteiger charge is -2.56. The van der Waals surface area contributed by atoms with Crippen LogP contribution < -0.4 is 10.9 Å². The molecule has 0 saturated heterocycles. The van der Waals surface area contributed by atoms with E-state index < -0.39 is 11.7 Å². The van der Waals surface area contributed by atoms with E-state index in [1.807, 2.05) is 0 Å². The Bertz CT molecular complexity index is 658. The van der Waals surface area contributed by atoms with E-state index in [0.717, 1.165) is 17.8 Å². The van der Waals surface area contributed by atoms with Gasteiger partial charge in [-0.15, -0.1) is 11.8 Å². The number of hydrazine groups is 1. The summed E-state index contributed by atoms with van der Waals surface area (Å²) < 4.78 is 13.8. The second-order valence-corrected chi connectivity index (χ2v) is 9.31. The van der Waals surface area contributed by atoms with E-state index in [1.165, 1.54) is 56.7 Å². The van der Waals surface area contributed by atoms with Gasteiger partial charge in [0.2, 0.25) is 5.91 Å². The molecule has 4 bridgehead atoms. The number of hydrogen-bond acceptors (Lipinski definition) is 3. The summed E-state index contributed by atoms with van der Waals surface area (Å²) in [5.41, 5.74) is 4.65. The molecule has 6 heteroatoms. The van der Waals surface area contributed by atoms with Gasteiger partial charge in [-0.3, -0.25) is 20.4 Å². The van der Waals surface area contributed by atoms with Crippen molar-refractivity contribution in [3.05, 3.63) is 35.6 Å². The first kappa shape index (κ1) is 16.9. The fourth-order valence-electron chi connectivity index (χ4n) is 5.30. The van der Waals surface area contributed by atoms with Crippen LogP contribution >= 0.6 is 11.8 Å². The molecule has 134 valence electrons. The highest BCUT2D eigenvalue weighted by molar-refractivity contribution is 8.01. The Morgan fingerprint density at radius 2 is 1.64 bits per heavy atom. The third-order valence-corrected chi connectivity index (χ3v) is 7.44. The first-order chi connectivity index (χ1) is 12.0. The molecule has 5 rings (SSSR count). The Balaban J connectivity index is 1.27. The van der Waals surface area contributed by atoms with Gasteiger partial charge in [-0.05, 0) is 68.4 Å². The van der Waals surface area contributed by atoms with Crippen molar-refractivity contribution >= 4 is 23.6 Å². The number of nitrogens with one attached hydrogen (secondary N) is 2. The predicted octanol–water partition coefficient (Wildman–Crippen LogP) is 3.29. The summed E-state index contributed by atoms with van der Waals surface area (Å²) in [5, 5.41) is 0. The summed E-state index contributed by atoms with van der Waals surface area (Å²) in [6.07, 6.45) is 7.84. The zero-order valence-corrected chi connectivity index (χ0v) is 14.9. The summed E-state index contributed by atoms with van der Waals surface area (Å²) >= 11 is 1.76. The predicted molar refractivity (Wildman–Crippen MR) is 95.4 cm³/mol. The van der Waals surface area contributed by atoms with Gasteiger partial charge in [0, 0.05) is 4.75 Å². The minimum Gasteiger partial charge on any atom is -0.272 e. The lowest BCUT2D eigenvalue weighted by Crippen LogP contribution is -2.49. The molecular weight excluding hydrogens is 339 g/mol. The number of carbonyl (C=O) groups excluding carboxylic acids is 2. The molecule has 2 amide bonds. The normalized spacial score (nSPS) is 32.4. The molecule has 0 spiro atoms. The molecule has 1 aromatic rings. The maximum Gasteiger partial charge on any atom is 0.272 e. The fraction of sp³-hybridized carbons (Fsp3) is 0.579. The zero-order chi connectivity index (χ0) is 17.4. The van der Waals surface area contributed by atoms with Crippen molar-refractivity contribution in [1.82, 2.24) is 10.9 Å². The average molecular weight is 362 g/mol. The zero-order valence-electron chi connectivity index (χ0n) is 14.1. The van der Waals surface area contributed by atoms with Crippen LogP contribution in [0.3, 0.4) is 0 Å². The largest absolute Gasteiger partial charge is 0.272 e. The molecule has 1 aromatic carbocycles. The molecule has 4 aliphatic carbocycles. The highest BCUT2D eigenvalue weighted by Gasteiger charge is 2.51. The Labute approximate surface area is 151 Å². The molecule has 0 atom stereocenters. The van der Waals surface area contributed by atoms with Crippen LogP contribution in [-0.2, 0) is 4.79 Å². The molecule has 4 aliphatic rings. The SMILES string of the molecule is O=C(CSC12CC3CC(CC(C3)C1)C2)NNC(=O)c1ccccc1F. The Morgan fingerprint density at radius 1 is 1.04 bits per heavy atom. The molecule has 4 nitrogen and oxygen atoms in total. The van der Waals surface area contributed by atoms with Crippen molar-refractivity contribution in [2.24, 2.45) is 17.8 Å². The number of benzene rings is 1. The van der Waals surface area contributed by atoms with Crippen molar-refractivity contribution in [3.8, 4) is 0 Å². The lowest BCUT2D eigenvalue weighted by molar-refractivity contribution is -0.119. The molecule has 0 heterocycles. The van der Waals surface area contributed by atoms with Crippen molar-refractivity contribution in [2.75, 3.05) is 5.75 Å². The van der Waals surface area contributed by atoms with E-state index in [0.29, 0.717) is 5.75 Å². The van der Waals surface area contributed by atoms with Gasteiger partial charge in [0.15, 0.2) is 0 Å². The van der Waals surface area contributed by atoms with Gasteiger partial charge in [-0.2, -0.15) is 0 Å². The van der Waals surface area contributed by atoms with Gasteiger partial charge in [0.25, 0.3) is 5.91 Å². The van der Waals surface area contributed by atoms with Crippen molar-refractivity contribution in [2.45, 2.75) is 43.3 Å². The Morgan fingerprint density at radius 3 is 2.24 bits per heavy atom. The number of hydrogen-bond donors (Lipinski definition) is 2. The first-order valence-corrected chi connectivity index (χ1v) is 9.99. The quantitative estimate of drug-likeness (QED) is 0.808. The summed E-state index contributed by atoms with van der Waals surface area (Å²) in [7, 11) is 0. The van der Waals surface area contributed by atoms with E-state index in [9.17, 15) is 14.0 Å². The number of halogens is 1. The molecular formula is C19H23FN2O2S. The van der Waals surface area contributed by atoms with Crippen LogP contribution in [0.2, 0.25) is 0 Å². The first-order valence-electron chi connectivity index (χ1n) is 9.01. The molecule has 2 N–H and O–H groups in total. The van der Waals surface area contributed by atoms with Gasteiger partial charge in [-0.1, -0.05) is 12.1 Å². The summed E-state index contributed by atoms with van der Waals surface area (Å²) in [6.45, 7) is 0. The van der Waals surface area contributed by atoms with Crippen LogP contribution in [0.15, 0.2) is 24.3 Å². The van der Waals surface area contributed by atoms with Gasteiger partial charge in [0.05, 0.1) is 11.3 Å². The van der Waals surface area contributed by atoms with Crippen LogP contribution in [0.25, 0.3) is 0 Å². The smallest absolute Gasteiger partial charge is 0.272 e. The minimum atomic E-state index is -0.633. The maximum atomic E-state index is 13.6. The number of rotatable bonds is 4. The monoisotopic (exact) mass is 362 g/mol. The van der Waals surface area contributed by atoms with Gasteiger partial charge in [0.1, 0.15) is 5.82 Å². The Kier molecular flexibility index (Phi) is 4.48. The van der Waals surface area contributed by atoms with Gasteiger partial charge < -0.3 is 0 Å². The molecule has 0 aliphatic heterocycles. The Hall–Kier alpha value is -1.56.